The fourth-order valence-corrected chi connectivity index (χ4v) is 3.66. The maximum Gasteiger partial charge on any atom is 4.00 e. The Bertz CT molecular complexity index is 753. The van der Waals surface area contributed by atoms with Crippen LogP contribution in [-0.4, -0.2) is 0 Å². The molecule has 3 aromatic rings. The number of benzene rings is 1. The van der Waals surface area contributed by atoms with E-state index in [1.165, 1.54) is 70.7 Å². The number of aryl methyl sites for hydroxylation is 1. The SMILES string of the molecule is CCCCc1cc2ccccc2[cH-]1.CCCc1c(C)c(C)c(C)[c-]1C.[I-].[I-].[Zr+4]. The van der Waals surface area contributed by atoms with Crippen LogP contribution in [0.2, 0.25) is 0 Å². The molecule has 0 N–H and O–H groups in total. The Morgan fingerprint density at radius 2 is 1.54 bits per heavy atom. The van der Waals surface area contributed by atoms with Crippen molar-refractivity contribution in [2.24, 2.45) is 0 Å². The van der Waals surface area contributed by atoms with Crippen LogP contribution < -0.4 is 48.0 Å². The summed E-state index contributed by atoms with van der Waals surface area (Å²) in [7, 11) is 0. The van der Waals surface area contributed by atoms with Gasteiger partial charge in [-0.05, 0) is 6.42 Å². The molecular formula is C25H34I2Zr. The van der Waals surface area contributed by atoms with Crippen LogP contribution in [0.5, 0.6) is 0 Å². The van der Waals surface area contributed by atoms with Gasteiger partial charge in [0.25, 0.3) is 0 Å². The zero-order valence-electron chi connectivity index (χ0n) is 18.3. The minimum Gasteiger partial charge on any atom is -1.00 e. The van der Waals surface area contributed by atoms with E-state index < -0.39 is 0 Å². The van der Waals surface area contributed by atoms with Gasteiger partial charge in [-0.2, -0.15) is 33.9 Å². The van der Waals surface area contributed by atoms with E-state index in [-0.39, 0.29) is 74.2 Å². The second-order valence-electron chi connectivity index (χ2n) is 7.32. The molecule has 0 bridgehead atoms. The van der Waals surface area contributed by atoms with Crippen LogP contribution in [0.25, 0.3) is 10.8 Å². The molecule has 0 spiro atoms. The molecular weight excluding hydrogens is 645 g/mol. The van der Waals surface area contributed by atoms with Crippen LogP contribution in [0.15, 0.2) is 36.4 Å². The van der Waals surface area contributed by atoms with Crippen LogP contribution in [0.4, 0.5) is 0 Å². The minimum atomic E-state index is 0. The second-order valence-corrected chi connectivity index (χ2v) is 7.32. The monoisotopic (exact) mass is 678 g/mol. The van der Waals surface area contributed by atoms with Crippen molar-refractivity contribution < 1.29 is 74.2 Å². The first-order valence-electron chi connectivity index (χ1n) is 9.85. The molecule has 3 rings (SSSR count). The Labute approximate surface area is 226 Å². The van der Waals surface area contributed by atoms with Crippen molar-refractivity contribution in [2.75, 3.05) is 0 Å². The maximum atomic E-state index is 2.31. The summed E-state index contributed by atoms with van der Waals surface area (Å²) < 4.78 is 0. The molecule has 0 aliphatic carbocycles. The molecule has 3 heteroatoms. The topological polar surface area (TPSA) is 0 Å². The van der Waals surface area contributed by atoms with Gasteiger partial charge in [0.15, 0.2) is 0 Å². The summed E-state index contributed by atoms with van der Waals surface area (Å²) in [4.78, 5) is 0. The summed E-state index contributed by atoms with van der Waals surface area (Å²) in [6.07, 6.45) is 6.31. The van der Waals surface area contributed by atoms with Gasteiger partial charge in [-0.15, -0.1) is 40.6 Å². The summed E-state index contributed by atoms with van der Waals surface area (Å²) in [5, 5.41) is 2.77. The van der Waals surface area contributed by atoms with Crippen LogP contribution in [-0.2, 0) is 39.0 Å². The predicted octanol–water partition coefficient (Wildman–Crippen LogP) is 1.50. The van der Waals surface area contributed by atoms with E-state index in [4.69, 9.17) is 0 Å². The molecule has 0 unspecified atom stereocenters. The first-order valence-corrected chi connectivity index (χ1v) is 9.85. The summed E-state index contributed by atoms with van der Waals surface area (Å²) in [6.45, 7) is 13.5. The smallest absolute Gasteiger partial charge is 1.00 e. The molecule has 0 aromatic heterocycles. The van der Waals surface area contributed by atoms with E-state index in [1.807, 2.05) is 0 Å². The van der Waals surface area contributed by atoms with E-state index in [1.54, 1.807) is 5.56 Å². The summed E-state index contributed by atoms with van der Waals surface area (Å²) in [6, 6.07) is 13.2. The summed E-state index contributed by atoms with van der Waals surface area (Å²) in [5.41, 5.74) is 9.11. The van der Waals surface area contributed by atoms with E-state index >= 15 is 0 Å². The molecule has 0 heterocycles. The standard InChI is InChI=1S/C13H15.C12H19.2HI.Zr/c1-2-3-6-11-9-12-7-4-5-8-13(12)10-11;1-6-7-12-10(4)8(2)9(3)11(12)5;;;/h4-5,7-10H,2-3,6H2,1H3;6-7H2,1-5H3;2*1H;/q2*-1;;;+4/p-2. The fraction of sp³-hybridized carbons (Fsp3) is 0.440. The van der Waals surface area contributed by atoms with Crippen molar-refractivity contribution in [3.8, 4) is 0 Å². The molecule has 0 saturated heterocycles. The average Bonchev–Trinajstić information content (AvgIpc) is 3.12. The third-order valence-electron chi connectivity index (χ3n) is 5.59. The Morgan fingerprint density at radius 3 is 2.04 bits per heavy atom. The molecule has 0 radical (unpaired) electrons. The molecule has 0 fully saturated rings. The molecule has 0 amide bonds. The van der Waals surface area contributed by atoms with E-state index in [0.29, 0.717) is 0 Å². The van der Waals surface area contributed by atoms with E-state index in [9.17, 15) is 0 Å². The Morgan fingerprint density at radius 1 is 0.893 bits per heavy atom. The van der Waals surface area contributed by atoms with Crippen molar-refractivity contribution in [1.29, 1.82) is 0 Å². The fourth-order valence-electron chi connectivity index (χ4n) is 3.66. The van der Waals surface area contributed by atoms with Gasteiger partial charge in [0.1, 0.15) is 0 Å². The summed E-state index contributed by atoms with van der Waals surface area (Å²) >= 11 is 0. The zero-order chi connectivity index (χ0) is 18.4. The number of unbranched alkanes of at least 4 members (excludes halogenated alkanes) is 1. The third-order valence-corrected chi connectivity index (χ3v) is 5.59. The van der Waals surface area contributed by atoms with Crippen LogP contribution in [0.3, 0.4) is 0 Å². The summed E-state index contributed by atoms with van der Waals surface area (Å²) in [5.74, 6) is 0. The first kappa shape index (κ1) is 30.7. The largest absolute Gasteiger partial charge is 4.00 e. The number of hydrogen-bond donors (Lipinski definition) is 0. The molecule has 0 nitrogen and oxygen atoms in total. The van der Waals surface area contributed by atoms with Crippen molar-refractivity contribution >= 4 is 10.8 Å². The number of fused-ring (bicyclic) bond motifs is 1. The Hall–Kier alpha value is 0.523. The van der Waals surface area contributed by atoms with E-state index in [2.05, 4.69) is 77.9 Å². The number of hydrogen-bond acceptors (Lipinski definition) is 0. The van der Waals surface area contributed by atoms with Crippen molar-refractivity contribution in [1.82, 2.24) is 0 Å². The van der Waals surface area contributed by atoms with Crippen molar-refractivity contribution in [2.45, 2.75) is 73.6 Å². The number of halogens is 2. The van der Waals surface area contributed by atoms with Gasteiger partial charge < -0.3 is 48.0 Å². The zero-order valence-corrected chi connectivity index (χ0v) is 25.0. The van der Waals surface area contributed by atoms with Gasteiger partial charge in [-0.3, -0.25) is 0 Å². The Kier molecular flexibility index (Phi) is 16.8. The van der Waals surface area contributed by atoms with Crippen LogP contribution in [0.1, 0.15) is 66.5 Å². The minimum absolute atomic E-state index is 0. The molecule has 0 saturated carbocycles. The third kappa shape index (κ3) is 7.98. The Balaban J connectivity index is 0. The van der Waals surface area contributed by atoms with Crippen molar-refractivity contribution in [3.63, 3.8) is 0 Å². The normalized spacial score (nSPS) is 9.64. The van der Waals surface area contributed by atoms with Gasteiger partial charge in [0, 0.05) is 0 Å². The van der Waals surface area contributed by atoms with Crippen molar-refractivity contribution in [3.05, 3.63) is 69.8 Å². The molecule has 152 valence electrons. The molecule has 0 atom stereocenters. The van der Waals surface area contributed by atoms with Crippen LogP contribution >= 0.6 is 0 Å². The second kappa shape index (κ2) is 15.3. The predicted molar refractivity (Wildman–Crippen MR) is 113 cm³/mol. The average molecular weight is 680 g/mol. The molecule has 28 heavy (non-hydrogen) atoms. The molecule has 3 aromatic carbocycles. The van der Waals surface area contributed by atoms with Gasteiger partial charge in [0.2, 0.25) is 0 Å². The molecule has 0 aliphatic heterocycles. The number of rotatable bonds is 5. The van der Waals surface area contributed by atoms with Gasteiger partial charge in [0.05, 0.1) is 0 Å². The first-order chi connectivity index (χ1) is 12.0. The van der Waals surface area contributed by atoms with Gasteiger partial charge >= 0.3 is 26.2 Å². The quantitative estimate of drug-likeness (QED) is 0.284. The van der Waals surface area contributed by atoms with Gasteiger partial charge in [-0.1, -0.05) is 73.3 Å². The maximum absolute atomic E-state index is 2.31. The van der Waals surface area contributed by atoms with Gasteiger partial charge in [-0.25, -0.2) is 0 Å². The van der Waals surface area contributed by atoms with Crippen LogP contribution in [0, 0.1) is 27.7 Å². The molecule has 0 aliphatic rings. The van der Waals surface area contributed by atoms with E-state index in [0.717, 1.165) is 0 Å².